The van der Waals surface area contributed by atoms with E-state index in [9.17, 15) is 4.21 Å². The maximum atomic E-state index is 11.6. The topological polar surface area (TPSA) is 29.5 Å². The van der Waals surface area contributed by atoms with E-state index in [2.05, 4.69) is 0 Å². The molecule has 0 N–H and O–H groups in total. The Hall–Kier alpha value is -0.870. The molecular weight excluding hydrogens is 186 g/mol. The van der Waals surface area contributed by atoms with Crippen LogP contribution in [-0.4, -0.2) is 22.7 Å². The number of ether oxygens (including phenoxy) is 1. The SMILES string of the molecule is COc1ccc2c(c1)CN(C)S2=O. The molecule has 1 unspecified atom stereocenters. The van der Waals surface area contributed by atoms with Crippen molar-refractivity contribution in [2.45, 2.75) is 11.4 Å². The first-order valence-electron chi connectivity index (χ1n) is 4.02. The summed E-state index contributed by atoms with van der Waals surface area (Å²) in [5, 5.41) is 0. The van der Waals surface area contributed by atoms with Crippen LogP contribution in [0.15, 0.2) is 23.1 Å². The van der Waals surface area contributed by atoms with Gasteiger partial charge in [-0.05, 0) is 23.8 Å². The minimum Gasteiger partial charge on any atom is -0.497 e. The first kappa shape index (κ1) is 8.72. The molecule has 3 nitrogen and oxygen atoms in total. The van der Waals surface area contributed by atoms with Crippen LogP contribution in [0.3, 0.4) is 0 Å². The molecule has 1 aromatic rings. The summed E-state index contributed by atoms with van der Waals surface area (Å²) in [5.74, 6) is 0.825. The van der Waals surface area contributed by atoms with Gasteiger partial charge in [-0.3, -0.25) is 0 Å². The summed E-state index contributed by atoms with van der Waals surface area (Å²) in [4.78, 5) is 0.906. The predicted molar refractivity (Wildman–Crippen MR) is 50.9 cm³/mol. The molecule has 13 heavy (non-hydrogen) atoms. The molecule has 1 aliphatic heterocycles. The Morgan fingerprint density at radius 3 is 3.00 bits per heavy atom. The van der Waals surface area contributed by atoms with E-state index < -0.39 is 11.0 Å². The third kappa shape index (κ3) is 1.36. The fourth-order valence-electron chi connectivity index (χ4n) is 1.44. The van der Waals surface area contributed by atoms with Gasteiger partial charge in [0, 0.05) is 13.6 Å². The lowest BCUT2D eigenvalue weighted by molar-refractivity contribution is 0.413. The van der Waals surface area contributed by atoms with Crippen molar-refractivity contribution in [3.8, 4) is 5.75 Å². The molecule has 0 amide bonds. The van der Waals surface area contributed by atoms with Crippen LogP contribution in [0.1, 0.15) is 5.56 Å². The van der Waals surface area contributed by atoms with Gasteiger partial charge in [0.1, 0.15) is 16.7 Å². The summed E-state index contributed by atoms with van der Waals surface area (Å²) >= 11 is 0. The monoisotopic (exact) mass is 197 g/mol. The Labute approximate surface area is 79.9 Å². The average Bonchev–Trinajstić information content (AvgIpc) is 2.42. The fourth-order valence-corrected chi connectivity index (χ4v) is 2.57. The first-order valence-corrected chi connectivity index (χ1v) is 5.13. The lowest BCUT2D eigenvalue weighted by atomic mass is 10.2. The van der Waals surface area contributed by atoms with Gasteiger partial charge in [-0.1, -0.05) is 0 Å². The van der Waals surface area contributed by atoms with Crippen LogP contribution in [0, 0.1) is 0 Å². The van der Waals surface area contributed by atoms with Gasteiger partial charge in [-0.25, -0.2) is 8.51 Å². The molecule has 4 heteroatoms. The normalized spacial score (nSPS) is 21.5. The van der Waals surface area contributed by atoms with Gasteiger partial charge in [0.25, 0.3) is 0 Å². The minimum absolute atomic E-state index is 0.735. The second kappa shape index (κ2) is 3.12. The molecule has 70 valence electrons. The van der Waals surface area contributed by atoms with E-state index in [0.717, 1.165) is 22.8 Å². The molecule has 0 bridgehead atoms. The van der Waals surface area contributed by atoms with E-state index >= 15 is 0 Å². The van der Waals surface area contributed by atoms with Crippen molar-refractivity contribution in [1.29, 1.82) is 0 Å². The highest BCUT2D eigenvalue weighted by atomic mass is 32.2. The van der Waals surface area contributed by atoms with Crippen LogP contribution in [-0.2, 0) is 17.5 Å². The highest BCUT2D eigenvalue weighted by Gasteiger charge is 2.23. The molecule has 0 saturated heterocycles. The number of hydrogen-bond donors (Lipinski definition) is 0. The average molecular weight is 197 g/mol. The van der Waals surface area contributed by atoms with Crippen LogP contribution in [0.4, 0.5) is 0 Å². The molecule has 1 aliphatic rings. The summed E-state index contributed by atoms with van der Waals surface area (Å²) in [6, 6.07) is 5.65. The molecule has 0 spiro atoms. The number of rotatable bonds is 1. The molecule has 0 aromatic heterocycles. The van der Waals surface area contributed by atoms with E-state index in [1.807, 2.05) is 29.6 Å². The van der Waals surface area contributed by atoms with Crippen molar-refractivity contribution in [1.82, 2.24) is 4.31 Å². The predicted octanol–water partition coefficient (Wildman–Crippen LogP) is 1.16. The van der Waals surface area contributed by atoms with Crippen molar-refractivity contribution in [2.24, 2.45) is 0 Å². The highest BCUT2D eigenvalue weighted by molar-refractivity contribution is 7.83. The van der Waals surface area contributed by atoms with Crippen molar-refractivity contribution >= 4 is 11.0 Å². The number of hydrogen-bond acceptors (Lipinski definition) is 2. The lowest BCUT2D eigenvalue weighted by Gasteiger charge is -2.01. The van der Waals surface area contributed by atoms with Crippen LogP contribution in [0.5, 0.6) is 5.75 Å². The number of nitrogens with zero attached hydrogens (tertiary/aromatic N) is 1. The quantitative estimate of drug-likeness (QED) is 0.676. The van der Waals surface area contributed by atoms with Gasteiger partial charge in [-0.2, -0.15) is 0 Å². The van der Waals surface area contributed by atoms with Crippen molar-refractivity contribution in [3.05, 3.63) is 23.8 Å². The number of methoxy groups -OCH3 is 1. The van der Waals surface area contributed by atoms with E-state index in [1.165, 1.54) is 0 Å². The van der Waals surface area contributed by atoms with Crippen molar-refractivity contribution in [2.75, 3.05) is 14.2 Å². The van der Waals surface area contributed by atoms with Crippen molar-refractivity contribution < 1.29 is 8.95 Å². The summed E-state index contributed by atoms with van der Waals surface area (Å²) < 4.78 is 18.5. The summed E-state index contributed by atoms with van der Waals surface area (Å²) in [6.07, 6.45) is 0. The summed E-state index contributed by atoms with van der Waals surface area (Å²) in [7, 11) is 2.51. The van der Waals surface area contributed by atoms with Crippen LogP contribution < -0.4 is 4.74 Å². The molecule has 0 saturated carbocycles. The zero-order chi connectivity index (χ0) is 9.42. The Kier molecular flexibility index (Phi) is 2.09. The Morgan fingerprint density at radius 1 is 1.54 bits per heavy atom. The second-order valence-electron chi connectivity index (χ2n) is 3.01. The van der Waals surface area contributed by atoms with Crippen molar-refractivity contribution in [3.63, 3.8) is 0 Å². The first-order chi connectivity index (χ1) is 6.22. The van der Waals surface area contributed by atoms with Crippen LogP contribution >= 0.6 is 0 Å². The van der Waals surface area contributed by atoms with Gasteiger partial charge in [-0.15, -0.1) is 0 Å². The molecule has 0 fully saturated rings. The van der Waals surface area contributed by atoms with E-state index in [0.29, 0.717) is 0 Å². The van der Waals surface area contributed by atoms with Gasteiger partial charge in [0.05, 0.1) is 12.0 Å². The lowest BCUT2D eigenvalue weighted by Crippen LogP contribution is -2.11. The summed E-state index contributed by atoms with van der Waals surface area (Å²) in [6.45, 7) is 0.735. The van der Waals surface area contributed by atoms with E-state index in [1.54, 1.807) is 7.11 Å². The zero-order valence-corrected chi connectivity index (χ0v) is 8.43. The van der Waals surface area contributed by atoms with Gasteiger partial charge >= 0.3 is 0 Å². The Balaban J connectivity index is 2.46. The number of fused-ring (bicyclic) bond motifs is 1. The van der Waals surface area contributed by atoms with Crippen LogP contribution in [0.2, 0.25) is 0 Å². The third-order valence-electron chi connectivity index (χ3n) is 2.13. The summed E-state index contributed by atoms with van der Waals surface area (Å²) in [5.41, 5.74) is 1.10. The van der Waals surface area contributed by atoms with E-state index in [-0.39, 0.29) is 0 Å². The van der Waals surface area contributed by atoms with E-state index in [4.69, 9.17) is 4.74 Å². The smallest absolute Gasteiger partial charge is 0.127 e. The maximum Gasteiger partial charge on any atom is 0.127 e. The molecule has 2 rings (SSSR count). The van der Waals surface area contributed by atoms with Crippen LogP contribution in [0.25, 0.3) is 0 Å². The zero-order valence-electron chi connectivity index (χ0n) is 7.61. The van der Waals surface area contributed by atoms with Gasteiger partial charge < -0.3 is 4.74 Å². The maximum absolute atomic E-state index is 11.6. The molecule has 0 aliphatic carbocycles. The standard InChI is InChI=1S/C9H11NO2S/c1-10-6-7-5-8(12-2)3-4-9(7)13(10)11/h3-5H,6H2,1-2H3. The fraction of sp³-hybridized carbons (Fsp3) is 0.333. The molecular formula is C9H11NO2S. The highest BCUT2D eigenvalue weighted by Crippen LogP contribution is 2.28. The number of benzene rings is 1. The third-order valence-corrected chi connectivity index (χ3v) is 3.60. The van der Waals surface area contributed by atoms with Gasteiger partial charge in [0.2, 0.25) is 0 Å². The largest absolute Gasteiger partial charge is 0.497 e. The second-order valence-corrected chi connectivity index (χ2v) is 4.57. The molecule has 1 aromatic carbocycles. The molecule has 1 atom stereocenters. The molecule has 0 radical (unpaired) electrons. The minimum atomic E-state index is -0.975. The Bertz CT molecular complexity index is 365. The Morgan fingerprint density at radius 2 is 2.31 bits per heavy atom. The molecule has 1 heterocycles. The van der Waals surface area contributed by atoms with Gasteiger partial charge in [0.15, 0.2) is 0 Å².